The van der Waals surface area contributed by atoms with E-state index in [1.54, 1.807) is 4.57 Å². The Morgan fingerprint density at radius 1 is 1.35 bits per heavy atom. The van der Waals surface area contributed by atoms with Crippen molar-refractivity contribution >= 4 is 41.0 Å². The second kappa shape index (κ2) is 7.59. The van der Waals surface area contributed by atoms with E-state index in [1.807, 2.05) is 18.2 Å². The molecule has 2 rings (SSSR count). The van der Waals surface area contributed by atoms with E-state index >= 15 is 0 Å². The van der Waals surface area contributed by atoms with Crippen molar-refractivity contribution in [2.45, 2.75) is 37.7 Å². The number of rotatable bonds is 7. The third-order valence-corrected chi connectivity index (χ3v) is 5.90. The van der Waals surface area contributed by atoms with Crippen LogP contribution in [0.15, 0.2) is 18.2 Å². The molecule has 0 aliphatic heterocycles. The number of halogens is 1. The number of imidazole rings is 1. The van der Waals surface area contributed by atoms with Gasteiger partial charge in [-0.2, -0.15) is 0 Å². The van der Waals surface area contributed by atoms with Crippen LogP contribution in [0.3, 0.4) is 0 Å². The Bertz CT molecular complexity index is 694. The molecule has 0 aliphatic carbocycles. The van der Waals surface area contributed by atoms with Gasteiger partial charge in [0.25, 0.3) is 0 Å². The summed E-state index contributed by atoms with van der Waals surface area (Å²) in [4.78, 5) is 16.5. The quantitative estimate of drug-likeness (QED) is 0.305. The van der Waals surface area contributed by atoms with Gasteiger partial charge in [0.1, 0.15) is 6.73 Å². The maximum atomic E-state index is 12.0. The molecular weight excluding hydrogens is 376 g/mol. The van der Waals surface area contributed by atoms with Crippen LogP contribution in [0.2, 0.25) is 25.7 Å². The SMILES string of the molecule is COC(=O)c1nc2c(CBr)cccc2n1COCC[Si](C)(C)C. The normalized spacial score (nSPS) is 11.9. The fourth-order valence-electron chi connectivity index (χ4n) is 2.22. The molecule has 1 aromatic carbocycles. The van der Waals surface area contributed by atoms with E-state index in [2.05, 4.69) is 40.6 Å². The lowest BCUT2D eigenvalue weighted by atomic mass is 10.2. The summed E-state index contributed by atoms with van der Waals surface area (Å²) in [5.41, 5.74) is 2.72. The Hall–Kier alpha value is -1.18. The molecule has 126 valence electrons. The molecule has 7 heteroatoms. The van der Waals surface area contributed by atoms with Crippen LogP contribution in [-0.4, -0.2) is 37.3 Å². The summed E-state index contributed by atoms with van der Waals surface area (Å²) in [7, 11) is 0.227. The van der Waals surface area contributed by atoms with Crippen LogP contribution in [0.25, 0.3) is 11.0 Å². The number of ether oxygens (including phenoxy) is 2. The summed E-state index contributed by atoms with van der Waals surface area (Å²) in [6.45, 7) is 7.92. The number of nitrogens with zero attached hydrogens (tertiary/aromatic N) is 2. The van der Waals surface area contributed by atoms with Crippen molar-refractivity contribution in [3.8, 4) is 0 Å². The molecule has 0 fully saturated rings. The minimum atomic E-state index is -1.14. The predicted octanol–water partition coefficient (Wildman–Crippen LogP) is 4.03. The van der Waals surface area contributed by atoms with Crippen molar-refractivity contribution in [3.63, 3.8) is 0 Å². The van der Waals surface area contributed by atoms with Crippen molar-refractivity contribution in [3.05, 3.63) is 29.6 Å². The lowest BCUT2D eigenvalue weighted by molar-refractivity contribution is 0.0536. The van der Waals surface area contributed by atoms with Crippen LogP contribution in [0.4, 0.5) is 0 Å². The molecule has 0 saturated heterocycles. The lowest BCUT2D eigenvalue weighted by Crippen LogP contribution is -2.22. The first-order chi connectivity index (χ1) is 10.9. The van der Waals surface area contributed by atoms with Gasteiger partial charge >= 0.3 is 5.97 Å². The van der Waals surface area contributed by atoms with E-state index in [0.29, 0.717) is 18.7 Å². The summed E-state index contributed by atoms with van der Waals surface area (Å²) in [5, 5.41) is 0.679. The maximum absolute atomic E-state index is 12.0. The van der Waals surface area contributed by atoms with Gasteiger partial charge in [-0.15, -0.1) is 0 Å². The number of carbonyl (C=O) groups excluding carboxylic acids is 1. The van der Waals surface area contributed by atoms with Gasteiger partial charge in [0.05, 0.1) is 18.1 Å². The van der Waals surface area contributed by atoms with Crippen LogP contribution in [0, 0.1) is 0 Å². The van der Waals surface area contributed by atoms with Gasteiger partial charge in [0, 0.05) is 20.0 Å². The number of esters is 1. The number of fused-ring (bicyclic) bond motifs is 1. The molecule has 1 heterocycles. The molecule has 0 saturated carbocycles. The van der Waals surface area contributed by atoms with Gasteiger partial charge in [-0.3, -0.25) is 4.57 Å². The first kappa shape index (κ1) is 18.2. The molecule has 0 spiro atoms. The summed E-state index contributed by atoms with van der Waals surface area (Å²) in [5.74, 6) is -0.167. The summed E-state index contributed by atoms with van der Waals surface area (Å²) < 4.78 is 12.5. The average molecular weight is 399 g/mol. The molecule has 2 aromatic rings. The molecule has 5 nitrogen and oxygen atoms in total. The van der Waals surface area contributed by atoms with Gasteiger partial charge in [0.2, 0.25) is 5.82 Å². The molecular formula is C16H23BrN2O3Si. The zero-order chi connectivity index (χ0) is 17.0. The number of alkyl halides is 1. The van der Waals surface area contributed by atoms with Crippen molar-refractivity contribution in [2.75, 3.05) is 13.7 Å². The second-order valence-electron chi connectivity index (χ2n) is 6.62. The largest absolute Gasteiger partial charge is 0.463 e. The standard InChI is InChI=1S/C16H23BrN2O3Si/c1-21-16(20)15-18-14-12(10-17)6-5-7-13(14)19(15)11-22-8-9-23(2,3)4/h5-7H,8-11H2,1-4H3. The van der Waals surface area contributed by atoms with Crippen molar-refractivity contribution < 1.29 is 14.3 Å². The molecule has 0 aliphatic rings. The van der Waals surface area contributed by atoms with Gasteiger partial charge < -0.3 is 9.47 Å². The third kappa shape index (κ3) is 4.42. The van der Waals surface area contributed by atoms with Crippen molar-refractivity contribution in [2.24, 2.45) is 0 Å². The molecule has 0 bridgehead atoms. The zero-order valence-electron chi connectivity index (χ0n) is 14.1. The topological polar surface area (TPSA) is 53.3 Å². The lowest BCUT2D eigenvalue weighted by Gasteiger charge is -2.16. The Labute approximate surface area is 146 Å². The highest BCUT2D eigenvalue weighted by atomic mass is 79.9. The van der Waals surface area contributed by atoms with E-state index in [9.17, 15) is 4.79 Å². The minimum absolute atomic E-state index is 0.281. The summed E-state index contributed by atoms with van der Waals surface area (Å²) >= 11 is 3.46. The summed E-state index contributed by atoms with van der Waals surface area (Å²) in [6.07, 6.45) is 0. The summed E-state index contributed by atoms with van der Waals surface area (Å²) in [6, 6.07) is 6.98. The molecule has 1 aromatic heterocycles. The molecule has 0 unspecified atom stereocenters. The van der Waals surface area contributed by atoms with Gasteiger partial charge in [-0.05, 0) is 17.7 Å². The van der Waals surface area contributed by atoms with Gasteiger partial charge in [-0.1, -0.05) is 47.7 Å². The predicted molar refractivity (Wildman–Crippen MR) is 97.8 cm³/mol. The monoisotopic (exact) mass is 398 g/mol. The van der Waals surface area contributed by atoms with Crippen LogP contribution in [0.1, 0.15) is 16.2 Å². The Kier molecular flexibility index (Phi) is 5.99. The molecule has 0 amide bonds. The maximum Gasteiger partial charge on any atom is 0.374 e. The number of para-hydroxylation sites is 1. The molecule has 0 atom stereocenters. The van der Waals surface area contributed by atoms with E-state index in [4.69, 9.17) is 9.47 Å². The number of benzene rings is 1. The van der Waals surface area contributed by atoms with Crippen LogP contribution < -0.4 is 0 Å². The first-order valence-electron chi connectivity index (χ1n) is 7.57. The number of carbonyl (C=O) groups is 1. The highest BCUT2D eigenvalue weighted by molar-refractivity contribution is 9.08. The van der Waals surface area contributed by atoms with Crippen molar-refractivity contribution in [1.29, 1.82) is 0 Å². The van der Waals surface area contributed by atoms with E-state index in [0.717, 1.165) is 22.6 Å². The fraction of sp³-hybridized carbons (Fsp3) is 0.500. The van der Waals surface area contributed by atoms with E-state index in [-0.39, 0.29) is 5.82 Å². The second-order valence-corrected chi connectivity index (χ2v) is 12.8. The van der Waals surface area contributed by atoms with Crippen LogP contribution in [0.5, 0.6) is 0 Å². The number of hydrogen-bond donors (Lipinski definition) is 0. The number of hydrogen-bond acceptors (Lipinski definition) is 4. The van der Waals surface area contributed by atoms with E-state index < -0.39 is 14.0 Å². The molecule has 0 radical (unpaired) electrons. The highest BCUT2D eigenvalue weighted by Gasteiger charge is 2.20. The highest BCUT2D eigenvalue weighted by Crippen LogP contribution is 2.23. The Balaban J connectivity index is 2.30. The smallest absolute Gasteiger partial charge is 0.374 e. The fourth-order valence-corrected chi connectivity index (χ4v) is 3.43. The van der Waals surface area contributed by atoms with Crippen LogP contribution in [-0.2, 0) is 21.5 Å². The van der Waals surface area contributed by atoms with E-state index in [1.165, 1.54) is 7.11 Å². The van der Waals surface area contributed by atoms with Gasteiger partial charge in [0.15, 0.2) is 0 Å². The third-order valence-electron chi connectivity index (χ3n) is 3.59. The Morgan fingerprint density at radius 2 is 2.09 bits per heavy atom. The average Bonchev–Trinajstić information content (AvgIpc) is 2.88. The minimum Gasteiger partial charge on any atom is -0.463 e. The van der Waals surface area contributed by atoms with Gasteiger partial charge in [-0.25, -0.2) is 9.78 Å². The zero-order valence-corrected chi connectivity index (χ0v) is 16.6. The van der Waals surface area contributed by atoms with Crippen molar-refractivity contribution in [1.82, 2.24) is 9.55 Å². The molecule has 0 N–H and O–H groups in total. The van der Waals surface area contributed by atoms with Crippen LogP contribution >= 0.6 is 15.9 Å². The molecule has 23 heavy (non-hydrogen) atoms. The number of methoxy groups -OCH3 is 1. The first-order valence-corrected chi connectivity index (χ1v) is 12.4. The Morgan fingerprint density at radius 3 is 2.70 bits per heavy atom. The number of aromatic nitrogens is 2.